The van der Waals surface area contributed by atoms with Gasteiger partial charge in [-0.25, -0.2) is 12.8 Å². The van der Waals surface area contributed by atoms with Crippen LogP contribution in [-0.2, 0) is 10.0 Å². The Labute approximate surface area is 189 Å². The van der Waals surface area contributed by atoms with Crippen LogP contribution >= 0.6 is 15.9 Å². The molecule has 0 saturated carbocycles. The highest BCUT2D eigenvalue weighted by atomic mass is 79.9. The molecular weight excluding hydrogens is 479 g/mol. The third-order valence-electron chi connectivity index (χ3n) is 6.00. The van der Waals surface area contributed by atoms with Crippen LogP contribution in [0.15, 0.2) is 88.3 Å². The fourth-order valence-corrected chi connectivity index (χ4v) is 6.16. The van der Waals surface area contributed by atoms with Gasteiger partial charge in [-0.3, -0.25) is 4.72 Å². The first-order valence-corrected chi connectivity index (χ1v) is 12.3. The highest BCUT2D eigenvalue weighted by molar-refractivity contribution is 9.10. The number of halogens is 2. The van der Waals surface area contributed by atoms with Crippen molar-refractivity contribution in [3.05, 3.63) is 100 Å². The van der Waals surface area contributed by atoms with E-state index in [0.717, 1.165) is 22.1 Å². The van der Waals surface area contributed by atoms with Crippen molar-refractivity contribution in [2.24, 2.45) is 5.92 Å². The number of hydrogen-bond donors (Lipinski definition) is 2. The Morgan fingerprint density at radius 3 is 2.58 bits per heavy atom. The fourth-order valence-electron chi connectivity index (χ4n) is 4.52. The Hall–Kier alpha value is -2.64. The van der Waals surface area contributed by atoms with E-state index < -0.39 is 15.8 Å². The SMILES string of the molecule is O=S(=O)(Nc1ccccc1F)c1ccc2c(c1)[C@H]1C=CC[C@H]1[C@@H](c1ccccc1Br)N2. The molecule has 0 unspecified atom stereocenters. The van der Waals surface area contributed by atoms with Crippen LogP contribution in [0.1, 0.15) is 29.5 Å². The summed E-state index contributed by atoms with van der Waals surface area (Å²) in [6.07, 6.45) is 5.23. The Morgan fingerprint density at radius 2 is 1.77 bits per heavy atom. The van der Waals surface area contributed by atoms with E-state index in [2.05, 4.69) is 44.2 Å². The first kappa shape index (κ1) is 20.3. The summed E-state index contributed by atoms with van der Waals surface area (Å²) in [5.41, 5.74) is 2.98. The third kappa shape index (κ3) is 3.66. The maximum absolute atomic E-state index is 14.0. The monoisotopic (exact) mass is 498 g/mol. The van der Waals surface area contributed by atoms with Crippen LogP contribution in [0.3, 0.4) is 0 Å². The molecule has 3 aromatic rings. The second kappa shape index (κ2) is 7.80. The predicted molar refractivity (Wildman–Crippen MR) is 124 cm³/mol. The summed E-state index contributed by atoms with van der Waals surface area (Å²) >= 11 is 3.67. The molecule has 0 spiro atoms. The topological polar surface area (TPSA) is 58.2 Å². The molecule has 3 aromatic carbocycles. The standard InChI is InChI=1S/C24H20BrFN2O2S/c25-20-9-2-1-6-18(20)24-17-8-5-7-16(17)19-14-15(12-13-22(19)27-24)31(29,30)28-23-11-4-3-10-21(23)26/h1-7,9-14,16-17,24,27-28H,8H2/t16-,17+,24-/m0/s1. The predicted octanol–water partition coefficient (Wildman–Crippen LogP) is 6.22. The lowest BCUT2D eigenvalue weighted by molar-refractivity contribution is 0.424. The summed E-state index contributed by atoms with van der Waals surface area (Å²) < 4.78 is 43.3. The zero-order valence-electron chi connectivity index (χ0n) is 16.4. The normalized spacial score (nSPS) is 21.8. The highest BCUT2D eigenvalue weighted by Gasteiger charge is 2.39. The van der Waals surface area contributed by atoms with Gasteiger partial charge >= 0.3 is 0 Å². The van der Waals surface area contributed by atoms with Crippen molar-refractivity contribution in [1.29, 1.82) is 0 Å². The number of nitrogens with one attached hydrogen (secondary N) is 2. The molecule has 2 N–H and O–H groups in total. The number of sulfonamides is 1. The van der Waals surface area contributed by atoms with Crippen LogP contribution in [0, 0.1) is 11.7 Å². The molecule has 31 heavy (non-hydrogen) atoms. The van der Waals surface area contributed by atoms with E-state index >= 15 is 0 Å². The van der Waals surface area contributed by atoms with Gasteiger partial charge < -0.3 is 5.32 Å². The number of benzene rings is 3. The summed E-state index contributed by atoms with van der Waals surface area (Å²) in [6, 6.07) is 19.1. The first-order chi connectivity index (χ1) is 14.9. The van der Waals surface area contributed by atoms with Gasteiger partial charge in [0.1, 0.15) is 5.82 Å². The lowest BCUT2D eigenvalue weighted by Gasteiger charge is -2.38. The zero-order valence-corrected chi connectivity index (χ0v) is 18.8. The third-order valence-corrected chi connectivity index (χ3v) is 8.09. The number of para-hydroxylation sites is 1. The van der Waals surface area contributed by atoms with Crippen LogP contribution < -0.4 is 10.0 Å². The Morgan fingerprint density at radius 1 is 1.00 bits per heavy atom. The Bertz CT molecular complexity index is 1290. The van der Waals surface area contributed by atoms with Crippen molar-refractivity contribution >= 4 is 37.3 Å². The fraction of sp³-hybridized carbons (Fsp3) is 0.167. The molecule has 1 heterocycles. The smallest absolute Gasteiger partial charge is 0.261 e. The molecule has 0 aromatic heterocycles. The largest absolute Gasteiger partial charge is 0.378 e. The van der Waals surface area contributed by atoms with Crippen molar-refractivity contribution < 1.29 is 12.8 Å². The molecule has 5 rings (SSSR count). The Kier molecular flexibility index (Phi) is 5.10. The van der Waals surface area contributed by atoms with E-state index in [-0.39, 0.29) is 28.5 Å². The maximum Gasteiger partial charge on any atom is 0.261 e. The molecule has 1 aliphatic carbocycles. The molecule has 0 saturated heterocycles. The summed E-state index contributed by atoms with van der Waals surface area (Å²) in [5, 5.41) is 3.62. The van der Waals surface area contributed by atoms with Gasteiger partial charge in [0.05, 0.1) is 16.6 Å². The number of hydrogen-bond acceptors (Lipinski definition) is 3. The van der Waals surface area contributed by atoms with E-state index in [4.69, 9.17) is 0 Å². The molecule has 4 nitrogen and oxygen atoms in total. The summed E-state index contributed by atoms with van der Waals surface area (Å²) in [5.74, 6) is -0.221. The van der Waals surface area contributed by atoms with Gasteiger partial charge in [-0.05, 0) is 59.9 Å². The van der Waals surface area contributed by atoms with Gasteiger partial charge in [0.15, 0.2) is 0 Å². The van der Waals surface area contributed by atoms with E-state index in [9.17, 15) is 12.8 Å². The van der Waals surface area contributed by atoms with Crippen molar-refractivity contribution in [1.82, 2.24) is 0 Å². The zero-order chi connectivity index (χ0) is 21.6. The summed E-state index contributed by atoms with van der Waals surface area (Å²) in [6.45, 7) is 0. The van der Waals surface area contributed by atoms with Gasteiger partial charge in [-0.1, -0.05) is 58.4 Å². The van der Waals surface area contributed by atoms with Gasteiger partial charge in [-0.2, -0.15) is 0 Å². The minimum atomic E-state index is -3.92. The molecule has 2 aliphatic rings. The van der Waals surface area contributed by atoms with Crippen LogP contribution in [-0.4, -0.2) is 8.42 Å². The Balaban J connectivity index is 1.52. The second-order valence-electron chi connectivity index (χ2n) is 7.83. The number of rotatable bonds is 4. The van der Waals surface area contributed by atoms with Crippen LogP contribution in [0.2, 0.25) is 0 Å². The molecule has 0 bridgehead atoms. The molecule has 3 atom stereocenters. The average Bonchev–Trinajstić information content (AvgIpc) is 3.25. The van der Waals surface area contributed by atoms with Gasteiger partial charge in [0, 0.05) is 16.1 Å². The minimum Gasteiger partial charge on any atom is -0.378 e. The number of allylic oxidation sites excluding steroid dienone is 2. The molecule has 7 heteroatoms. The molecule has 1 aliphatic heterocycles. The molecule has 0 radical (unpaired) electrons. The lowest BCUT2D eigenvalue weighted by atomic mass is 9.77. The van der Waals surface area contributed by atoms with Gasteiger partial charge in [0.25, 0.3) is 10.0 Å². The van der Waals surface area contributed by atoms with E-state index in [1.165, 1.54) is 23.8 Å². The first-order valence-electron chi connectivity index (χ1n) is 10.0. The molecular formula is C24H20BrFN2O2S. The lowest BCUT2D eigenvalue weighted by Crippen LogP contribution is -2.29. The maximum atomic E-state index is 14.0. The quantitative estimate of drug-likeness (QED) is 0.420. The molecule has 0 amide bonds. The van der Waals surface area contributed by atoms with Gasteiger partial charge in [-0.15, -0.1) is 0 Å². The number of anilines is 2. The van der Waals surface area contributed by atoms with Crippen LogP contribution in [0.5, 0.6) is 0 Å². The summed E-state index contributed by atoms with van der Waals surface area (Å²) in [4.78, 5) is 0.120. The molecule has 0 fully saturated rings. The van der Waals surface area contributed by atoms with Crippen molar-refractivity contribution in [2.45, 2.75) is 23.3 Å². The average molecular weight is 499 g/mol. The second-order valence-corrected chi connectivity index (χ2v) is 10.4. The highest BCUT2D eigenvalue weighted by Crippen LogP contribution is 2.51. The molecule has 158 valence electrons. The van der Waals surface area contributed by atoms with Crippen molar-refractivity contribution in [3.63, 3.8) is 0 Å². The van der Waals surface area contributed by atoms with E-state index in [1.807, 2.05) is 18.2 Å². The van der Waals surface area contributed by atoms with Crippen molar-refractivity contribution in [2.75, 3.05) is 10.0 Å². The van der Waals surface area contributed by atoms with Crippen molar-refractivity contribution in [3.8, 4) is 0 Å². The van der Waals surface area contributed by atoms with E-state index in [1.54, 1.807) is 24.3 Å². The summed E-state index contributed by atoms with van der Waals surface area (Å²) in [7, 11) is -3.92. The minimum absolute atomic E-state index is 0.0639. The van der Waals surface area contributed by atoms with Gasteiger partial charge in [0.2, 0.25) is 0 Å². The van der Waals surface area contributed by atoms with E-state index in [0.29, 0.717) is 0 Å². The number of fused-ring (bicyclic) bond motifs is 3. The van der Waals surface area contributed by atoms with Crippen LogP contribution in [0.25, 0.3) is 0 Å². The van der Waals surface area contributed by atoms with Crippen LogP contribution in [0.4, 0.5) is 15.8 Å².